The molecule has 0 aliphatic carbocycles. The van der Waals surface area contributed by atoms with Crippen molar-refractivity contribution in [3.8, 4) is 0 Å². The normalized spacial score (nSPS) is 10.1. The first-order valence-corrected chi connectivity index (χ1v) is 6.24. The van der Waals surface area contributed by atoms with Crippen molar-refractivity contribution in [3.05, 3.63) is 35.4 Å². The van der Waals surface area contributed by atoms with Gasteiger partial charge in [-0.1, -0.05) is 37.6 Å². The van der Waals surface area contributed by atoms with Crippen LogP contribution in [0.15, 0.2) is 24.3 Å². The maximum absolute atomic E-state index is 11.5. The number of unbranched alkanes of at least 4 members (excludes halogenated alkanes) is 1. The van der Waals surface area contributed by atoms with E-state index in [1.54, 1.807) is 0 Å². The smallest absolute Gasteiger partial charge is 0.236 e. The summed E-state index contributed by atoms with van der Waals surface area (Å²) in [6, 6.07) is 8.00. The van der Waals surface area contributed by atoms with E-state index in [9.17, 15) is 9.59 Å². The van der Waals surface area contributed by atoms with Crippen molar-refractivity contribution in [1.29, 1.82) is 0 Å². The van der Waals surface area contributed by atoms with Crippen LogP contribution in [0.3, 0.4) is 0 Å². The van der Waals surface area contributed by atoms with Gasteiger partial charge in [0.05, 0.1) is 13.0 Å². The minimum atomic E-state index is -0.529. The highest BCUT2D eigenvalue weighted by atomic mass is 16.2. The molecule has 0 aromatic heterocycles. The molecule has 0 bridgehead atoms. The van der Waals surface area contributed by atoms with Crippen molar-refractivity contribution in [2.24, 2.45) is 5.73 Å². The molecule has 0 aliphatic heterocycles. The lowest BCUT2D eigenvalue weighted by Gasteiger charge is -2.04. The van der Waals surface area contributed by atoms with Crippen molar-refractivity contribution in [2.45, 2.75) is 32.6 Å². The van der Waals surface area contributed by atoms with Gasteiger partial charge >= 0.3 is 0 Å². The molecule has 2 amide bonds. The van der Waals surface area contributed by atoms with E-state index < -0.39 is 5.91 Å². The summed E-state index contributed by atoms with van der Waals surface area (Å²) in [6.07, 6.45) is 3.71. The van der Waals surface area contributed by atoms with Gasteiger partial charge in [-0.2, -0.15) is 0 Å². The molecule has 4 nitrogen and oxygen atoms in total. The van der Waals surface area contributed by atoms with Gasteiger partial charge in [-0.3, -0.25) is 9.59 Å². The first kappa shape index (κ1) is 14.2. The lowest BCUT2D eigenvalue weighted by molar-refractivity contribution is -0.124. The van der Waals surface area contributed by atoms with E-state index in [2.05, 4.69) is 12.2 Å². The van der Waals surface area contributed by atoms with Crippen LogP contribution in [-0.4, -0.2) is 18.4 Å². The van der Waals surface area contributed by atoms with E-state index in [-0.39, 0.29) is 18.9 Å². The summed E-state index contributed by atoms with van der Waals surface area (Å²) in [7, 11) is 0. The zero-order valence-corrected chi connectivity index (χ0v) is 10.7. The van der Waals surface area contributed by atoms with Gasteiger partial charge in [0.2, 0.25) is 11.8 Å². The number of amides is 2. The van der Waals surface area contributed by atoms with Gasteiger partial charge < -0.3 is 11.1 Å². The number of carbonyl (C=O) groups is 2. The fourth-order valence-electron chi connectivity index (χ4n) is 1.64. The average Bonchev–Trinajstić information content (AvgIpc) is 2.35. The molecular weight excluding hydrogens is 228 g/mol. The number of nitrogens with two attached hydrogens (primary N) is 1. The van der Waals surface area contributed by atoms with Gasteiger partial charge in [-0.15, -0.1) is 0 Å². The third kappa shape index (κ3) is 5.48. The largest absolute Gasteiger partial charge is 0.368 e. The maximum Gasteiger partial charge on any atom is 0.236 e. The van der Waals surface area contributed by atoms with Gasteiger partial charge in [0.1, 0.15) is 0 Å². The van der Waals surface area contributed by atoms with Crippen molar-refractivity contribution >= 4 is 11.8 Å². The minimum absolute atomic E-state index is 0.104. The fourth-order valence-corrected chi connectivity index (χ4v) is 1.64. The van der Waals surface area contributed by atoms with Gasteiger partial charge in [0, 0.05) is 0 Å². The predicted octanol–water partition coefficient (Wildman–Crippen LogP) is 1.17. The Labute approximate surface area is 108 Å². The van der Waals surface area contributed by atoms with Gasteiger partial charge in [0.15, 0.2) is 0 Å². The second-order valence-electron chi connectivity index (χ2n) is 4.34. The molecule has 98 valence electrons. The van der Waals surface area contributed by atoms with Crippen LogP contribution in [0.4, 0.5) is 0 Å². The number of nitrogens with one attached hydrogen (secondary N) is 1. The SMILES string of the molecule is CCCCc1ccc(CC(=O)NCC(N)=O)cc1. The van der Waals surface area contributed by atoms with Crippen LogP contribution in [0.2, 0.25) is 0 Å². The highest BCUT2D eigenvalue weighted by Crippen LogP contribution is 2.08. The molecule has 3 N–H and O–H groups in total. The zero-order valence-electron chi connectivity index (χ0n) is 10.7. The minimum Gasteiger partial charge on any atom is -0.368 e. The summed E-state index contributed by atoms with van der Waals surface area (Å²) >= 11 is 0. The molecule has 0 aliphatic rings. The molecule has 0 atom stereocenters. The molecule has 0 spiro atoms. The number of rotatable bonds is 7. The second kappa shape index (κ2) is 7.48. The van der Waals surface area contributed by atoms with Crippen LogP contribution in [0.5, 0.6) is 0 Å². The van der Waals surface area contributed by atoms with Crippen molar-refractivity contribution in [3.63, 3.8) is 0 Å². The molecular formula is C14H20N2O2. The molecule has 18 heavy (non-hydrogen) atoms. The number of hydrogen-bond acceptors (Lipinski definition) is 2. The Balaban J connectivity index is 2.42. The van der Waals surface area contributed by atoms with Crippen molar-refractivity contribution < 1.29 is 9.59 Å². The molecule has 0 saturated carbocycles. The molecule has 1 rings (SSSR count). The van der Waals surface area contributed by atoms with E-state index in [1.165, 1.54) is 18.4 Å². The summed E-state index contributed by atoms with van der Waals surface area (Å²) < 4.78 is 0. The molecule has 0 heterocycles. The summed E-state index contributed by atoms with van der Waals surface area (Å²) in [5, 5.41) is 2.47. The summed E-state index contributed by atoms with van der Waals surface area (Å²) in [6.45, 7) is 2.06. The highest BCUT2D eigenvalue weighted by molar-refractivity contribution is 5.84. The van der Waals surface area contributed by atoms with Gasteiger partial charge in [-0.25, -0.2) is 0 Å². The van der Waals surface area contributed by atoms with Gasteiger partial charge in [0.25, 0.3) is 0 Å². The number of aryl methyl sites for hydroxylation is 1. The Bertz CT molecular complexity index is 399. The third-order valence-corrected chi connectivity index (χ3v) is 2.67. The Morgan fingerprint density at radius 1 is 1.17 bits per heavy atom. The van der Waals surface area contributed by atoms with Crippen LogP contribution < -0.4 is 11.1 Å². The lowest BCUT2D eigenvalue weighted by atomic mass is 10.0. The van der Waals surface area contributed by atoms with E-state index >= 15 is 0 Å². The second-order valence-corrected chi connectivity index (χ2v) is 4.34. The summed E-state index contributed by atoms with van der Waals surface area (Å²) in [5.74, 6) is -0.714. The van der Waals surface area contributed by atoms with Crippen LogP contribution in [-0.2, 0) is 22.4 Å². The quantitative estimate of drug-likeness (QED) is 0.760. The standard InChI is InChI=1S/C14H20N2O2/c1-2-3-4-11-5-7-12(8-6-11)9-14(18)16-10-13(15)17/h5-8H,2-4,9-10H2,1H3,(H2,15,17)(H,16,18). The predicted molar refractivity (Wildman–Crippen MR) is 71.0 cm³/mol. The van der Waals surface area contributed by atoms with Crippen molar-refractivity contribution in [1.82, 2.24) is 5.32 Å². The third-order valence-electron chi connectivity index (χ3n) is 2.67. The molecule has 0 radical (unpaired) electrons. The number of hydrogen-bond donors (Lipinski definition) is 2. The molecule has 0 fully saturated rings. The van der Waals surface area contributed by atoms with E-state index in [0.717, 1.165) is 12.0 Å². The lowest BCUT2D eigenvalue weighted by Crippen LogP contribution is -2.34. The van der Waals surface area contributed by atoms with E-state index in [4.69, 9.17) is 5.73 Å². The van der Waals surface area contributed by atoms with E-state index in [0.29, 0.717) is 0 Å². The van der Waals surface area contributed by atoms with Gasteiger partial charge in [-0.05, 0) is 24.0 Å². The fraction of sp³-hybridized carbons (Fsp3) is 0.429. The van der Waals surface area contributed by atoms with E-state index in [1.807, 2.05) is 24.3 Å². The first-order chi connectivity index (χ1) is 8.61. The molecule has 0 unspecified atom stereocenters. The Hall–Kier alpha value is -1.84. The Kier molecular flexibility index (Phi) is 5.91. The topological polar surface area (TPSA) is 72.2 Å². The number of primary amides is 1. The maximum atomic E-state index is 11.5. The number of benzene rings is 1. The van der Waals surface area contributed by atoms with Crippen LogP contribution >= 0.6 is 0 Å². The van der Waals surface area contributed by atoms with Crippen LogP contribution in [0.25, 0.3) is 0 Å². The van der Waals surface area contributed by atoms with Crippen molar-refractivity contribution in [2.75, 3.05) is 6.54 Å². The zero-order chi connectivity index (χ0) is 13.4. The Morgan fingerprint density at radius 3 is 2.33 bits per heavy atom. The first-order valence-electron chi connectivity index (χ1n) is 6.24. The Morgan fingerprint density at radius 2 is 1.78 bits per heavy atom. The van der Waals surface area contributed by atoms with Crippen LogP contribution in [0.1, 0.15) is 30.9 Å². The molecule has 1 aromatic rings. The van der Waals surface area contributed by atoms with Crippen LogP contribution in [0, 0.1) is 0 Å². The molecule has 0 saturated heterocycles. The average molecular weight is 248 g/mol. The summed E-state index contributed by atoms with van der Waals surface area (Å²) in [5.41, 5.74) is 7.18. The molecule has 1 aromatic carbocycles. The monoisotopic (exact) mass is 248 g/mol. The summed E-state index contributed by atoms with van der Waals surface area (Å²) in [4.78, 5) is 22.0. The number of carbonyl (C=O) groups excluding carboxylic acids is 2. The highest BCUT2D eigenvalue weighted by Gasteiger charge is 2.04. The molecule has 4 heteroatoms.